The van der Waals surface area contributed by atoms with E-state index in [4.69, 9.17) is 16.3 Å². The Bertz CT molecular complexity index is 1200. The summed E-state index contributed by atoms with van der Waals surface area (Å²) in [6.45, 7) is 5.97. The average Bonchev–Trinajstić information content (AvgIpc) is 3.24. The van der Waals surface area contributed by atoms with Gasteiger partial charge in [0.2, 0.25) is 0 Å². The van der Waals surface area contributed by atoms with Gasteiger partial charge in [0.25, 0.3) is 10.0 Å². The first-order valence-corrected chi connectivity index (χ1v) is 13.0. The number of rotatable bonds is 6. The third kappa shape index (κ3) is 4.88. The number of hydrogen-bond acceptors (Lipinski definition) is 6. The van der Waals surface area contributed by atoms with Crippen LogP contribution in [0.15, 0.2) is 58.8 Å². The first kappa shape index (κ1) is 22.9. The number of piperazine rings is 1. The maximum atomic E-state index is 13.2. The molecule has 0 spiro atoms. The summed E-state index contributed by atoms with van der Waals surface area (Å²) in [6, 6.07) is 17.0. The number of nitrogens with one attached hydrogen (secondary N) is 2. The standard InChI is InChI=1S/C23H26ClN3O3S2/c1-15-13-27(14-16(2)25-15)17-8-9-21(30-3)20(12-17)26-32(28,29)23-11-10-22(31-23)18-6-4-5-7-19(18)24/h4-12,15-16,25-26H,13-14H2,1-3H3/t15-,16+. The second-order valence-corrected chi connectivity index (χ2v) is 11.4. The number of nitrogens with zero attached hydrogens (tertiary/aromatic N) is 1. The van der Waals surface area contributed by atoms with Gasteiger partial charge in [-0.05, 0) is 50.2 Å². The first-order valence-electron chi connectivity index (χ1n) is 10.3. The van der Waals surface area contributed by atoms with Gasteiger partial charge in [-0.3, -0.25) is 4.72 Å². The zero-order valence-electron chi connectivity index (χ0n) is 18.1. The number of anilines is 2. The van der Waals surface area contributed by atoms with Crippen LogP contribution >= 0.6 is 22.9 Å². The summed E-state index contributed by atoms with van der Waals surface area (Å²) < 4.78 is 34.7. The summed E-state index contributed by atoms with van der Waals surface area (Å²) in [7, 11) is -2.27. The highest BCUT2D eigenvalue weighted by atomic mass is 35.5. The normalized spacial score (nSPS) is 19.1. The van der Waals surface area contributed by atoms with Gasteiger partial charge in [-0.1, -0.05) is 29.8 Å². The molecule has 2 aromatic carbocycles. The van der Waals surface area contributed by atoms with Crippen molar-refractivity contribution in [3.05, 3.63) is 59.6 Å². The van der Waals surface area contributed by atoms with Crippen LogP contribution in [0.1, 0.15) is 13.8 Å². The lowest BCUT2D eigenvalue weighted by atomic mass is 10.1. The van der Waals surface area contributed by atoms with E-state index in [0.29, 0.717) is 28.5 Å². The Hall–Kier alpha value is -2.26. The number of halogens is 1. The molecule has 0 amide bonds. The van der Waals surface area contributed by atoms with Gasteiger partial charge in [0.05, 0.1) is 12.8 Å². The van der Waals surface area contributed by atoms with Crippen LogP contribution in [0.2, 0.25) is 5.02 Å². The van der Waals surface area contributed by atoms with Crippen LogP contribution in [0.4, 0.5) is 11.4 Å². The number of methoxy groups -OCH3 is 1. The minimum Gasteiger partial charge on any atom is -0.495 e. The largest absolute Gasteiger partial charge is 0.495 e. The quantitative estimate of drug-likeness (QED) is 0.504. The van der Waals surface area contributed by atoms with Gasteiger partial charge >= 0.3 is 0 Å². The Kier molecular flexibility index (Phi) is 6.67. The fourth-order valence-corrected chi connectivity index (χ4v) is 6.68. The highest BCUT2D eigenvalue weighted by molar-refractivity contribution is 7.94. The van der Waals surface area contributed by atoms with Crippen LogP contribution in [0.3, 0.4) is 0 Å². The smallest absolute Gasteiger partial charge is 0.271 e. The van der Waals surface area contributed by atoms with Gasteiger partial charge in [0.1, 0.15) is 9.96 Å². The van der Waals surface area contributed by atoms with E-state index in [1.165, 1.54) is 18.4 Å². The van der Waals surface area contributed by atoms with Crippen molar-refractivity contribution in [3.8, 4) is 16.2 Å². The van der Waals surface area contributed by atoms with Gasteiger partial charge in [0, 0.05) is 46.3 Å². The van der Waals surface area contributed by atoms with Gasteiger partial charge in [-0.15, -0.1) is 11.3 Å². The summed E-state index contributed by atoms with van der Waals surface area (Å²) in [6.07, 6.45) is 0. The van der Waals surface area contributed by atoms with E-state index in [-0.39, 0.29) is 4.21 Å². The van der Waals surface area contributed by atoms with Crippen LogP contribution in [0.25, 0.3) is 10.4 Å². The minimum atomic E-state index is -3.80. The molecule has 0 unspecified atom stereocenters. The second-order valence-electron chi connectivity index (χ2n) is 7.96. The predicted molar refractivity (Wildman–Crippen MR) is 133 cm³/mol. The number of ether oxygens (including phenoxy) is 1. The fourth-order valence-electron chi connectivity index (χ4n) is 3.98. The van der Waals surface area contributed by atoms with E-state index < -0.39 is 10.0 Å². The molecular formula is C23H26ClN3O3S2. The van der Waals surface area contributed by atoms with Crippen molar-refractivity contribution in [2.75, 3.05) is 29.8 Å². The Labute approximate surface area is 198 Å². The molecule has 2 N–H and O–H groups in total. The van der Waals surface area contributed by atoms with Crippen molar-refractivity contribution in [1.82, 2.24) is 5.32 Å². The second kappa shape index (κ2) is 9.31. The molecular weight excluding hydrogens is 466 g/mol. The van der Waals surface area contributed by atoms with Gasteiger partial charge in [0.15, 0.2) is 0 Å². The zero-order valence-corrected chi connectivity index (χ0v) is 20.5. The molecule has 9 heteroatoms. The van der Waals surface area contributed by atoms with E-state index in [1.54, 1.807) is 24.3 Å². The Morgan fingerprint density at radius 1 is 1.09 bits per heavy atom. The average molecular weight is 492 g/mol. The number of sulfonamides is 1. The van der Waals surface area contributed by atoms with Crippen molar-refractivity contribution in [3.63, 3.8) is 0 Å². The van der Waals surface area contributed by atoms with E-state index in [2.05, 4.69) is 28.8 Å². The minimum absolute atomic E-state index is 0.212. The molecule has 6 nitrogen and oxygen atoms in total. The molecule has 32 heavy (non-hydrogen) atoms. The van der Waals surface area contributed by atoms with Gasteiger partial charge < -0.3 is 15.0 Å². The highest BCUT2D eigenvalue weighted by Gasteiger charge is 2.24. The first-order chi connectivity index (χ1) is 15.3. The van der Waals surface area contributed by atoms with Crippen molar-refractivity contribution >= 4 is 44.3 Å². The molecule has 2 atom stereocenters. The lowest BCUT2D eigenvalue weighted by molar-refractivity contribution is 0.406. The fraction of sp³-hybridized carbons (Fsp3) is 0.304. The van der Waals surface area contributed by atoms with Crippen molar-refractivity contribution < 1.29 is 13.2 Å². The van der Waals surface area contributed by atoms with Crippen LogP contribution in [-0.4, -0.2) is 40.7 Å². The van der Waals surface area contributed by atoms with Crippen LogP contribution in [0.5, 0.6) is 5.75 Å². The molecule has 3 aromatic rings. The van der Waals surface area contributed by atoms with E-state index >= 15 is 0 Å². The van der Waals surface area contributed by atoms with Crippen LogP contribution in [-0.2, 0) is 10.0 Å². The molecule has 0 aliphatic carbocycles. The molecule has 2 heterocycles. The third-order valence-corrected chi connectivity index (χ3v) is 8.64. The van der Waals surface area contributed by atoms with Crippen LogP contribution < -0.4 is 19.7 Å². The lowest BCUT2D eigenvalue weighted by Crippen LogP contribution is -2.54. The summed E-state index contributed by atoms with van der Waals surface area (Å²) in [4.78, 5) is 3.05. The highest BCUT2D eigenvalue weighted by Crippen LogP contribution is 2.37. The van der Waals surface area contributed by atoms with Crippen molar-refractivity contribution in [1.29, 1.82) is 0 Å². The number of hydrogen-bond donors (Lipinski definition) is 2. The molecule has 1 aliphatic heterocycles. The topological polar surface area (TPSA) is 70.7 Å². The Morgan fingerprint density at radius 3 is 2.50 bits per heavy atom. The van der Waals surface area contributed by atoms with Crippen molar-refractivity contribution in [2.45, 2.75) is 30.1 Å². The summed E-state index contributed by atoms with van der Waals surface area (Å²) >= 11 is 7.46. The van der Waals surface area contributed by atoms with Crippen molar-refractivity contribution in [2.24, 2.45) is 0 Å². The monoisotopic (exact) mass is 491 g/mol. The molecule has 0 radical (unpaired) electrons. The Morgan fingerprint density at radius 2 is 1.81 bits per heavy atom. The molecule has 4 rings (SSSR count). The summed E-state index contributed by atoms with van der Waals surface area (Å²) in [5, 5.41) is 4.09. The van der Waals surface area contributed by atoms with E-state index in [9.17, 15) is 8.42 Å². The van der Waals surface area contributed by atoms with Crippen LogP contribution in [0, 0.1) is 0 Å². The van der Waals surface area contributed by atoms with Gasteiger partial charge in [-0.25, -0.2) is 8.42 Å². The summed E-state index contributed by atoms with van der Waals surface area (Å²) in [5.74, 6) is 0.469. The van der Waals surface area contributed by atoms with E-state index in [1.807, 2.05) is 30.3 Å². The summed E-state index contributed by atoms with van der Waals surface area (Å²) in [5.41, 5.74) is 2.17. The number of thiophene rings is 1. The maximum absolute atomic E-state index is 13.2. The molecule has 1 saturated heterocycles. The third-order valence-electron chi connectivity index (χ3n) is 5.34. The molecule has 1 aromatic heterocycles. The maximum Gasteiger partial charge on any atom is 0.271 e. The predicted octanol–water partition coefficient (Wildman–Crippen LogP) is 5.06. The lowest BCUT2D eigenvalue weighted by Gasteiger charge is -2.38. The molecule has 0 bridgehead atoms. The molecule has 1 aliphatic rings. The molecule has 170 valence electrons. The zero-order chi connectivity index (χ0) is 22.9. The molecule has 1 fully saturated rings. The Balaban J connectivity index is 1.62. The van der Waals surface area contributed by atoms with E-state index in [0.717, 1.165) is 29.2 Å². The number of benzene rings is 2. The SMILES string of the molecule is COc1ccc(N2C[C@@H](C)N[C@@H](C)C2)cc1NS(=O)(=O)c1ccc(-c2ccccc2Cl)s1. The van der Waals surface area contributed by atoms with Gasteiger partial charge in [-0.2, -0.15) is 0 Å². The molecule has 0 saturated carbocycles.